The molecule has 2 aromatic carbocycles. The lowest BCUT2D eigenvalue weighted by atomic mass is 10.1. The number of halogens is 1. The van der Waals surface area contributed by atoms with Crippen LogP contribution in [-0.4, -0.2) is 33.2 Å². The number of nitrogens with zero attached hydrogens (tertiary/aromatic N) is 2. The van der Waals surface area contributed by atoms with Crippen molar-refractivity contribution in [2.75, 3.05) is 6.61 Å². The summed E-state index contributed by atoms with van der Waals surface area (Å²) in [5.74, 6) is 2.33. The summed E-state index contributed by atoms with van der Waals surface area (Å²) in [6.45, 7) is 2.50. The van der Waals surface area contributed by atoms with Crippen molar-refractivity contribution in [3.63, 3.8) is 0 Å². The number of ketones is 1. The van der Waals surface area contributed by atoms with Crippen molar-refractivity contribution in [2.24, 2.45) is 0 Å². The molecule has 1 saturated carbocycles. The smallest absolute Gasteiger partial charge is 0.162 e. The molecule has 1 atom stereocenters. The molecule has 3 aromatic rings. The van der Waals surface area contributed by atoms with Crippen LogP contribution in [0.2, 0.25) is 0 Å². The fourth-order valence-electron chi connectivity index (χ4n) is 4.18. The van der Waals surface area contributed by atoms with Crippen molar-refractivity contribution in [1.29, 1.82) is 0 Å². The van der Waals surface area contributed by atoms with E-state index in [-0.39, 0.29) is 24.8 Å². The molecule has 0 spiro atoms. The predicted molar refractivity (Wildman–Crippen MR) is 121 cm³/mol. The third kappa shape index (κ3) is 4.85. The van der Waals surface area contributed by atoms with E-state index in [2.05, 4.69) is 10.6 Å². The van der Waals surface area contributed by atoms with Gasteiger partial charge in [-0.25, -0.2) is 4.98 Å². The quantitative estimate of drug-likeness (QED) is 0.504. The number of para-hydroxylation sites is 2. The minimum Gasteiger partial charge on any atom is -0.491 e. The highest BCUT2D eigenvalue weighted by Gasteiger charge is 2.24. The molecule has 1 aliphatic carbocycles. The number of aliphatic hydroxyl groups excluding tert-OH is 1. The summed E-state index contributed by atoms with van der Waals surface area (Å²) in [5, 5.41) is 10.7. The van der Waals surface area contributed by atoms with Gasteiger partial charge in [0.05, 0.1) is 17.6 Å². The Balaban J connectivity index is 0.00000256. The number of benzene rings is 2. The molecule has 0 amide bonds. The van der Waals surface area contributed by atoms with Crippen LogP contribution in [0.4, 0.5) is 0 Å². The number of aromatic nitrogens is 2. The lowest BCUT2D eigenvalue weighted by Gasteiger charge is -2.18. The van der Waals surface area contributed by atoms with Gasteiger partial charge in [-0.2, -0.15) is 0 Å². The van der Waals surface area contributed by atoms with Gasteiger partial charge in [0.2, 0.25) is 0 Å². The van der Waals surface area contributed by atoms with E-state index in [4.69, 9.17) is 9.72 Å². The van der Waals surface area contributed by atoms with E-state index in [1.807, 2.05) is 25.1 Å². The summed E-state index contributed by atoms with van der Waals surface area (Å²) in [6, 6.07) is 15.2. The molecule has 4 rings (SSSR count). The molecule has 0 saturated heterocycles. The van der Waals surface area contributed by atoms with Crippen molar-refractivity contribution in [1.82, 2.24) is 9.55 Å². The van der Waals surface area contributed by atoms with E-state index in [9.17, 15) is 9.90 Å². The molecule has 1 aliphatic rings. The average Bonchev–Trinajstić information content (AvgIpc) is 3.40. The zero-order valence-corrected chi connectivity index (χ0v) is 18.1. The molecule has 6 heteroatoms. The number of hydrogen-bond acceptors (Lipinski definition) is 4. The molecule has 1 N–H and O–H groups in total. The summed E-state index contributed by atoms with van der Waals surface area (Å²) >= 11 is 0. The molecular formula is C24H29ClN2O3. The Morgan fingerprint density at radius 2 is 1.87 bits per heavy atom. The fraction of sp³-hybridized carbons (Fsp3) is 0.417. The molecule has 0 radical (unpaired) electrons. The van der Waals surface area contributed by atoms with Crippen molar-refractivity contribution in [3.05, 3.63) is 59.9 Å². The molecular weight excluding hydrogens is 400 g/mol. The van der Waals surface area contributed by atoms with Crippen LogP contribution in [0.1, 0.15) is 61.1 Å². The number of carbonyl (C=O) groups excluding carboxylic acids is 1. The number of Topliss-reactive ketones (excluding diaryl/α,β-unsaturated/α-hetero) is 1. The molecule has 30 heavy (non-hydrogen) atoms. The van der Waals surface area contributed by atoms with Crippen LogP contribution in [0.3, 0.4) is 0 Å². The van der Waals surface area contributed by atoms with Gasteiger partial charge < -0.3 is 14.4 Å². The zero-order chi connectivity index (χ0) is 20.2. The molecule has 0 bridgehead atoms. The van der Waals surface area contributed by atoms with Crippen LogP contribution in [-0.2, 0) is 6.54 Å². The van der Waals surface area contributed by atoms with Crippen LogP contribution in [0.15, 0.2) is 48.5 Å². The first-order valence-corrected chi connectivity index (χ1v) is 10.5. The summed E-state index contributed by atoms with van der Waals surface area (Å²) in [4.78, 5) is 16.6. The second kappa shape index (κ2) is 10.1. The largest absolute Gasteiger partial charge is 0.491 e. The van der Waals surface area contributed by atoms with E-state index in [1.165, 1.54) is 25.7 Å². The van der Waals surface area contributed by atoms with Gasteiger partial charge in [0, 0.05) is 17.9 Å². The maximum absolute atomic E-state index is 11.7. The van der Waals surface area contributed by atoms with Crippen LogP contribution in [0.25, 0.3) is 11.0 Å². The summed E-state index contributed by atoms with van der Waals surface area (Å²) in [5.41, 5.74) is 2.74. The number of rotatable bonds is 8. The number of aliphatic hydroxyl groups is 1. The van der Waals surface area contributed by atoms with Crippen molar-refractivity contribution in [2.45, 2.75) is 57.6 Å². The highest BCUT2D eigenvalue weighted by Crippen LogP contribution is 2.35. The minimum atomic E-state index is -0.648. The van der Waals surface area contributed by atoms with Gasteiger partial charge in [0.25, 0.3) is 0 Å². The van der Waals surface area contributed by atoms with E-state index in [0.29, 0.717) is 30.2 Å². The first-order chi connectivity index (χ1) is 14.2. The summed E-state index contributed by atoms with van der Waals surface area (Å²) in [6.07, 6.45) is 4.66. The Morgan fingerprint density at radius 1 is 1.17 bits per heavy atom. The van der Waals surface area contributed by atoms with Gasteiger partial charge in [0.15, 0.2) is 5.78 Å². The Kier molecular flexibility index (Phi) is 7.51. The van der Waals surface area contributed by atoms with Gasteiger partial charge in [0.1, 0.15) is 24.3 Å². The fourth-order valence-corrected chi connectivity index (χ4v) is 4.18. The van der Waals surface area contributed by atoms with Crippen LogP contribution >= 0.6 is 12.4 Å². The SMILES string of the molecule is CCC(=O)c1ccc(OCC(O)Cn2c(C3CCCC3)nc3ccccc32)cc1.Cl. The summed E-state index contributed by atoms with van der Waals surface area (Å²) in [7, 11) is 0. The van der Waals surface area contributed by atoms with Gasteiger partial charge in [-0.05, 0) is 49.2 Å². The molecule has 5 nitrogen and oxygen atoms in total. The third-order valence-corrected chi connectivity index (χ3v) is 5.74. The number of imidazole rings is 1. The molecule has 1 unspecified atom stereocenters. The zero-order valence-electron chi connectivity index (χ0n) is 17.3. The number of hydrogen-bond donors (Lipinski definition) is 1. The van der Waals surface area contributed by atoms with Crippen LogP contribution < -0.4 is 4.74 Å². The lowest BCUT2D eigenvalue weighted by Crippen LogP contribution is -2.25. The van der Waals surface area contributed by atoms with E-state index in [1.54, 1.807) is 24.3 Å². The summed E-state index contributed by atoms with van der Waals surface area (Å²) < 4.78 is 7.94. The van der Waals surface area contributed by atoms with E-state index >= 15 is 0 Å². The van der Waals surface area contributed by atoms with Gasteiger partial charge >= 0.3 is 0 Å². The lowest BCUT2D eigenvalue weighted by molar-refractivity contribution is 0.0922. The molecule has 0 aliphatic heterocycles. The number of carbonyl (C=O) groups is 1. The second-order valence-electron chi connectivity index (χ2n) is 7.82. The predicted octanol–water partition coefficient (Wildman–Crippen LogP) is 5.15. The average molecular weight is 429 g/mol. The normalized spacial score (nSPS) is 15.1. The molecule has 1 heterocycles. The number of ether oxygens (including phenoxy) is 1. The molecule has 160 valence electrons. The monoisotopic (exact) mass is 428 g/mol. The standard InChI is InChI=1S/C24H28N2O3.ClH/c1-2-23(28)17-11-13-20(14-12-17)29-16-19(27)15-26-22-10-6-5-9-21(22)25-24(26)18-7-3-4-8-18;/h5-6,9-14,18-19,27H,2-4,7-8,15-16H2,1H3;1H. The maximum atomic E-state index is 11.7. The first kappa shape index (κ1) is 22.3. The Labute approximate surface area is 183 Å². The van der Waals surface area contributed by atoms with Crippen LogP contribution in [0, 0.1) is 0 Å². The van der Waals surface area contributed by atoms with Crippen molar-refractivity contribution >= 4 is 29.2 Å². The Morgan fingerprint density at radius 3 is 2.57 bits per heavy atom. The van der Waals surface area contributed by atoms with Crippen molar-refractivity contribution < 1.29 is 14.6 Å². The third-order valence-electron chi connectivity index (χ3n) is 5.74. The topological polar surface area (TPSA) is 64.3 Å². The molecule has 1 fully saturated rings. The van der Waals surface area contributed by atoms with Crippen molar-refractivity contribution in [3.8, 4) is 5.75 Å². The minimum absolute atomic E-state index is 0. The second-order valence-corrected chi connectivity index (χ2v) is 7.82. The number of fused-ring (bicyclic) bond motifs is 1. The van der Waals surface area contributed by atoms with Gasteiger partial charge in [-0.3, -0.25) is 4.79 Å². The van der Waals surface area contributed by atoms with E-state index in [0.717, 1.165) is 16.9 Å². The molecule has 1 aromatic heterocycles. The Hall–Kier alpha value is -2.37. The van der Waals surface area contributed by atoms with Gasteiger partial charge in [-0.15, -0.1) is 12.4 Å². The highest BCUT2D eigenvalue weighted by molar-refractivity contribution is 5.95. The van der Waals surface area contributed by atoms with E-state index < -0.39 is 6.10 Å². The van der Waals surface area contributed by atoms with Crippen LogP contribution in [0.5, 0.6) is 5.75 Å². The Bertz CT molecular complexity index is 978. The first-order valence-electron chi connectivity index (χ1n) is 10.5. The van der Waals surface area contributed by atoms with Gasteiger partial charge in [-0.1, -0.05) is 31.9 Å². The highest BCUT2D eigenvalue weighted by atomic mass is 35.5. The maximum Gasteiger partial charge on any atom is 0.162 e.